The first-order valence-electron chi connectivity index (χ1n) is 36.0. The zero-order chi connectivity index (χ0) is 82.6. The second kappa shape index (κ2) is 41.0. The number of hydrogen-bond acceptors (Lipinski definition) is 16. The molecule has 12 N–H and O–H groups in total. The fourth-order valence-corrected chi connectivity index (χ4v) is 10.8. The van der Waals surface area contributed by atoms with Crippen molar-refractivity contribution in [2.75, 3.05) is 21.3 Å². The van der Waals surface area contributed by atoms with E-state index in [1.54, 1.807) is 36.4 Å². The molecule has 0 spiro atoms. The lowest BCUT2D eigenvalue weighted by Gasteiger charge is -2.19. The molecule has 8 aromatic carbocycles. The molecule has 586 valence electrons. The molecule has 24 nitrogen and oxygen atoms in total. The van der Waals surface area contributed by atoms with Crippen LogP contribution in [0.25, 0.3) is 0 Å². The average molecular weight is 1570 g/mol. The van der Waals surface area contributed by atoms with Gasteiger partial charge in [0.1, 0.15) is 55.2 Å². The van der Waals surface area contributed by atoms with E-state index in [9.17, 15) is 42.7 Å². The van der Waals surface area contributed by atoms with Crippen LogP contribution in [-0.2, 0) is 38.3 Å². The summed E-state index contributed by atoms with van der Waals surface area (Å²) < 4.78 is 36.2. The SMILES string of the molecule is CC(C)(C)c1ccc(C(=O)Nc2cccc(COc3cncc(C(N)=O)c3)c2)cc1.CC(C)c1ccc(C(=O)Nc2cccc(COc3cncc(C(N)=O)c3)c2)cc1.CCc1ccc(C(=O)Nc2cccc(COc3cncc(C(N)=O)c3)c2)cc1.NC(=O)c1cncc(OCc2cccc(NC(=O)c3ccc(Cl)c(F)c3)c2)c1. The molecular formula is C89H84ClFN12O12. The molecule has 0 unspecified atom stereocenters. The summed E-state index contributed by atoms with van der Waals surface area (Å²) in [6, 6.07) is 61.9. The third-order valence-electron chi connectivity index (χ3n) is 17.0. The van der Waals surface area contributed by atoms with Gasteiger partial charge in [0.15, 0.2) is 0 Å². The standard InChI is InChI=1S/C24H25N3O3.C23H23N3O3.C22H21N3O3.C20H15ClFN3O3/c1-24(2,3)19-9-7-17(8-10-19)23(29)27-20-6-4-5-16(11-20)15-30-21-12-18(22(25)28)13-26-14-21;1-15(2)17-6-8-18(9-7-17)23(28)26-20-5-3-4-16(10-20)14-29-21-11-19(22(24)27)12-25-13-21;1-2-15-6-8-17(9-7-15)22(27)25-19-5-3-4-16(10-19)14-28-20-11-18(21(23)26)12-24-13-20;21-17-5-4-13(8-18(17)22)20(27)25-15-3-1-2-12(6-15)11-28-16-7-14(19(23)26)9-24-10-16/h4-14H,15H2,1-3H3,(H2,25,28)(H,27,29);3-13,15H,14H2,1-2H3,(H2,24,27)(H,26,28);3-13H,2,14H2,1H3,(H2,23,26)(H,25,27);1-10H,11H2,(H2,23,26)(H,25,27). The van der Waals surface area contributed by atoms with Crippen LogP contribution in [0.4, 0.5) is 27.1 Å². The Balaban J connectivity index is 0.000000175. The Bertz CT molecular complexity index is 5430. The van der Waals surface area contributed by atoms with Crippen molar-refractivity contribution in [3.05, 3.63) is 356 Å². The molecule has 0 aliphatic heterocycles. The minimum Gasteiger partial charge on any atom is -0.487 e. The van der Waals surface area contributed by atoms with Crippen LogP contribution in [0.15, 0.2) is 262 Å². The molecule has 0 saturated heterocycles. The second-order valence-corrected chi connectivity index (χ2v) is 27.6. The van der Waals surface area contributed by atoms with E-state index < -0.39 is 35.4 Å². The molecule has 26 heteroatoms. The Morgan fingerprint density at radius 1 is 0.365 bits per heavy atom. The van der Waals surface area contributed by atoms with Gasteiger partial charge < -0.3 is 63.1 Å². The van der Waals surface area contributed by atoms with Gasteiger partial charge in [0.2, 0.25) is 23.6 Å². The van der Waals surface area contributed by atoms with E-state index in [2.05, 4.69) is 82.7 Å². The Morgan fingerprint density at radius 3 is 0.930 bits per heavy atom. The fourth-order valence-electron chi connectivity index (χ4n) is 10.6. The number of amides is 8. The maximum atomic E-state index is 13.5. The van der Waals surface area contributed by atoms with Gasteiger partial charge in [-0.25, -0.2) is 4.39 Å². The summed E-state index contributed by atoms with van der Waals surface area (Å²) in [5, 5.41) is 11.3. The Hall–Kier alpha value is -14.5. The van der Waals surface area contributed by atoms with Gasteiger partial charge >= 0.3 is 0 Å². The maximum absolute atomic E-state index is 13.5. The van der Waals surface area contributed by atoms with Gasteiger partial charge in [-0.15, -0.1) is 0 Å². The van der Waals surface area contributed by atoms with Crippen LogP contribution in [0, 0.1) is 5.82 Å². The number of ether oxygens (including phenoxy) is 4. The Morgan fingerprint density at radius 2 is 0.652 bits per heavy atom. The van der Waals surface area contributed by atoms with Gasteiger partial charge in [-0.2, -0.15) is 0 Å². The third-order valence-corrected chi connectivity index (χ3v) is 17.3. The molecule has 0 aliphatic carbocycles. The maximum Gasteiger partial charge on any atom is 0.255 e. The fraction of sp³-hybridized carbons (Fsp3) is 0.146. The number of hydrogen-bond donors (Lipinski definition) is 8. The number of anilines is 4. The number of primary amides is 4. The first kappa shape index (κ1) is 84.6. The lowest BCUT2D eigenvalue weighted by atomic mass is 9.87. The molecule has 8 amide bonds. The predicted octanol–water partition coefficient (Wildman–Crippen LogP) is 15.8. The number of aryl methyl sites for hydroxylation is 1. The van der Waals surface area contributed by atoms with Crippen LogP contribution < -0.4 is 63.1 Å². The Kier molecular flexibility index (Phi) is 30.1. The van der Waals surface area contributed by atoms with Gasteiger partial charge in [0.05, 0.1) is 52.1 Å². The van der Waals surface area contributed by atoms with Crippen molar-refractivity contribution in [3.8, 4) is 23.0 Å². The normalized spacial score (nSPS) is 10.6. The van der Waals surface area contributed by atoms with E-state index >= 15 is 0 Å². The summed E-state index contributed by atoms with van der Waals surface area (Å²) in [6.45, 7) is 13.7. The van der Waals surface area contributed by atoms with Gasteiger partial charge in [-0.05, 0) is 184 Å². The van der Waals surface area contributed by atoms with E-state index in [0.717, 1.165) is 34.7 Å². The van der Waals surface area contributed by atoms with Crippen LogP contribution in [0.5, 0.6) is 23.0 Å². The zero-order valence-electron chi connectivity index (χ0n) is 63.7. The van der Waals surface area contributed by atoms with Crippen LogP contribution in [0.3, 0.4) is 0 Å². The summed E-state index contributed by atoms with van der Waals surface area (Å²) in [6.07, 6.45) is 12.5. The molecule has 12 aromatic rings. The highest BCUT2D eigenvalue weighted by Gasteiger charge is 2.18. The molecular weight excluding hydrogens is 1480 g/mol. The number of aromatic nitrogens is 4. The van der Waals surface area contributed by atoms with Crippen LogP contribution in [0.1, 0.15) is 169 Å². The van der Waals surface area contributed by atoms with Crippen molar-refractivity contribution in [3.63, 3.8) is 0 Å². The second-order valence-electron chi connectivity index (χ2n) is 27.2. The summed E-state index contributed by atoms with van der Waals surface area (Å²) >= 11 is 5.63. The first-order valence-corrected chi connectivity index (χ1v) is 36.4. The zero-order valence-corrected chi connectivity index (χ0v) is 64.4. The highest BCUT2D eigenvalue weighted by atomic mass is 35.5. The molecule has 12 rings (SSSR count). The van der Waals surface area contributed by atoms with Gasteiger partial charge in [-0.3, -0.25) is 58.3 Å². The highest BCUT2D eigenvalue weighted by molar-refractivity contribution is 6.30. The summed E-state index contributed by atoms with van der Waals surface area (Å²) in [7, 11) is 0. The molecule has 4 heterocycles. The van der Waals surface area contributed by atoms with E-state index in [0.29, 0.717) is 68.4 Å². The van der Waals surface area contributed by atoms with E-state index in [4.69, 9.17) is 53.5 Å². The molecule has 0 radical (unpaired) electrons. The summed E-state index contributed by atoms with van der Waals surface area (Å²) in [5.74, 6) is -1.77. The highest BCUT2D eigenvalue weighted by Crippen LogP contribution is 2.26. The van der Waals surface area contributed by atoms with Gasteiger partial charge in [-0.1, -0.05) is 138 Å². The van der Waals surface area contributed by atoms with Crippen molar-refractivity contribution in [2.45, 2.75) is 85.7 Å². The van der Waals surface area contributed by atoms with Gasteiger partial charge in [0.25, 0.3) is 23.6 Å². The number of rotatable bonds is 26. The van der Waals surface area contributed by atoms with E-state index in [-0.39, 0.29) is 82.4 Å². The molecule has 0 fully saturated rings. The number of carbonyl (C=O) groups excluding carboxylic acids is 8. The van der Waals surface area contributed by atoms with Crippen molar-refractivity contribution in [1.82, 2.24) is 19.9 Å². The number of nitrogens with two attached hydrogens (primary N) is 4. The summed E-state index contributed by atoms with van der Waals surface area (Å²) in [4.78, 5) is 110. The quantitative estimate of drug-likeness (QED) is 0.0250. The largest absolute Gasteiger partial charge is 0.487 e. The molecule has 115 heavy (non-hydrogen) atoms. The van der Waals surface area contributed by atoms with Crippen LogP contribution >= 0.6 is 11.6 Å². The Labute approximate surface area is 668 Å². The number of pyridine rings is 4. The summed E-state index contributed by atoms with van der Waals surface area (Å²) in [5.41, 5.74) is 33.5. The van der Waals surface area contributed by atoms with Crippen molar-refractivity contribution in [2.24, 2.45) is 22.9 Å². The van der Waals surface area contributed by atoms with E-state index in [1.165, 1.54) is 84.5 Å². The molecule has 0 atom stereocenters. The lowest BCUT2D eigenvalue weighted by molar-refractivity contribution is 0.0991. The topological polar surface area (TPSA) is 377 Å². The smallest absolute Gasteiger partial charge is 0.255 e. The minimum atomic E-state index is -0.664. The molecule has 0 aliphatic rings. The van der Waals surface area contributed by atoms with Crippen molar-refractivity contribution < 1.29 is 61.7 Å². The number of nitrogens with zero attached hydrogens (tertiary/aromatic N) is 4. The number of carbonyl (C=O) groups is 8. The minimum absolute atomic E-state index is 0.0375. The molecule has 4 aromatic heterocycles. The van der Waals surface area contributed by atoms with E-state index in [1.807, 2.05) is 152 Å². The number of halogens is 2. The molecule has 0 bridgehead atoms. The number of benzene rings is 8. The lowest BCUT2D eigenvalue weighted by Crippen LogP contribution is -2.14. The average Bonchev–Trinajstić information content (AvgIpc) is 0.849. The van der Waals surface area contributed by atoms with Gasteiger partial charge in [0, 0.05) is 69.8 Å². The van der Waals surface area contributed by atoms with Crippen molar-refractivity contribution >= 4 is 81.6 Å². The van der Waals surface area contributed by atoms with Crippen LogP contribution in [-0.4, -0.2) is 67.2 Å². The number of nitrogens with one attached hydrogen (secondary N) is 4. The molecule has 0 saturated carbocycles. The van der Waals surface area contributed by atoms with Crippen molar-refractivity contribution in [1.29, 1.82) is 0 Å². The monoisotopic (exact) mass is 1570 g/mol. The third kappa shape index (κ3) is 26.6. The van der Waals surface area contributed by atoms with Crippen LogP contribution in [0.2, 0.25) is 5.02 Å². The first-order chi connectivity index (χ1) is 55.1. The predicted molar refractivity (Wildman–Crippen MR) is 439 cm³/mol.